The van der Waals surface area contributed by atoms with Crippen molar-refractivity contribution in [1.29, 1.82) is 0 Å². The van der Waals surface area contributed by atoms with Crippen LogP contribution in [0.3, 0.4) is 0 Å². The molecule has 8 heteroatoms. The second-order valence-corrected chi connectivity index (χ2v) is 8.63. The van der Waals surface area contributed by atoms with Gasteiger partial charge in [-0.15, -0.1) is 11.3 Å². The fourth-order valence-corrected chi connectivity index (χ4v) is 4.87. The number of thiazole rings is 1. The number of H-pyrrole nitrogens is 1. The summed E-state index contributed by atoms with van der Waals surface area (Å²) in [6, 6.07) is 7.98. The van der Waals surface area contributed by atoms with Crippen LogP contribution in [0.4, 0.5) is 0 Å². The molecule has 2 aromatic heterocycles. The summed E-state index contributed by atoms with van der Waals surface area (Å²) >= 11 is 3.09. The van der Waals surface area contributed by atoms with Crippen LogP contribution in [0.15, 0.2) is 40.2 Å². The highest BCUT2D eigenvalue weighted by Crippen LogP contribution is 2.34. The van der Waals surface area contributed by atoms with E-state index in [2.05, 4.69) is 21.2 Å². The van der Waals surface area contributed by atoms with Crippen molar-refractivity contribution in [2.24, 2.45) is 0 Å². The van der Waals surface area contributed by atoms with Crippen molar-refractivity contribution in [3.8, 4) is 16.9 Å². The molecule has 0 spiro atoms. The summed E-state index contributed by atoms with van der Waals surface area (Å²) in [4.78, 5) is 19.3. The summed E-state index contributed by atoms with van der Waals surface area (Å²) in [5.74, 6) is 1.06. The topological polar surface area (TPSA) is 71.1 Å². The number of aromatic amines is 1. The molecule has 1 N–H and O–H groups in total. The molecule has 3 aromatic rings. The van der Waals surface area contributed by atoms with Crippen molar-refractivity contribution in [1.82, 2.24) is 20.1 Å². The zero-order chi connectivity index (χ0) is 19.5. The Hall–Kier alpha value is -2.32. The molecule has 4 rings (SSSR count). The molecule has 1 saturated heterocycles. The number of nitrogens with one attached hydrogen (secondary N) is 1. The molecule has 3 heterocycles. The quantitative estimate of drug-likeness (QED) is 0.631. The number of aromatic nitrogens is 3. The lowest BCUT2D eigenvalue weighted by Crippen LogP contribution is -2.39. The highest BCUT2D eigenvalue weighted by atomic mass is 32.2. The first-order chi connectivity index (χ1) is 13.7. The van der Waals surface area contributed by atoms with Gasteiger partial charge in [-0.25, -0.2) is 4.98 Å². The van der Waals surface area contributed by atoms with Crippen molar-refractivity contribution >= 4 is 29.0 Å². The second-order valence-electron chi connectivity index (χ2n) is 6.72. The Labute approximate surface area is 172 Å². The van der Waals surface area contributed by atoms with Gasteiger partial charge in [0.2, 0.25) is 0 Å². The molecule has 0 saturated carbocycles. The SMILES string of the molecule is COc1cccc(-c2cn[nH]c2[C@@H]2CCCN(C(=O)c3csc(SC)n3)C2)c1. The third-order valence-corrected chi connectivity index (χ3v) is 6.91. The third kappa shape index (κ3) is 3.79. The molecule has 0 bridgehead atoms. The largest absolute Gasteiger partial charge is 0.497 e. The third-order valence-electron chi connectivity index (χ3n) is 5.04. The number of rotatable bonds is 5. The Morgan fingerprint density at radius 2 is 2.32 bits per heavy atom. The summed E-state index contributed by atoms with van der Waals surface area (Å²) < 4.78 is 6.28. The predicted molar refractivity (Wildman–Crippen MR) is 112 cm³/mol. The van der Waals surface area contributed by atoms with Crippen molar-refractivity contribution in [2.45, 2.75) is 23.1 Å². The number of likely N-dealkylation sites (tertiary alicyclic amines) is 1. The summed E-state index contributed by atoms with van der Waals surface area (Å²) in [7, 11) is 1.67. The summed E-state index contributed by atoms with van der Waals surface area (Å²) in [6.07, 6.45) is 5.82. The minimum absolute atomic E-state index is 0.0173. The van der Waals surface area contributed by atoms with Crippen LogP contribution >= 0.6 is 23.1 Å². The van der Waals surface area contributed by atoms with Crippen molar-refractivity contribution in [3.05, 3.63) is 47.2 Å². The standard InChI is InChI=1S/C20H22N4O2S2/c1-26-15-7-3-5-13(9-15)16-10-21-23-18(16)14-6-4-8-24(11-14)19(25)17-12-28-20(22-17)27-2/h3,5,7,9-10,12,14H,4,6,8,11H2,1-2H3,(H,21,23)/t14-/m1/s1. The minimum atomic E-state index is 0.0173. The van der Waals surface area contributed by atoms with Crippen molar-refractivity contribution in [2.75, 3.05) is 26.5 Å². The van der Waals surface area contributed by atoms with Gasteiger partial charge in [-0.1, -0.05) is 23.9 Å². The molecule has 1 atom stereocenters. The van der Waals surface area contributed by atoms with Crippen LogP contribution in [0.5, 0.6) is 5.75 Å². The van der Waals surface area contributed by atoms with Gasteiger partial charge in [0.1, 0.15) is 15.8 Å². The van der Waals surface area contributed by atoms with Crippen LogP contribution in [0.2, 0.25) is 0 Å². The van der Waals surface area contributed by atoms with Gasteiger partial charge in [-0.2, -0.15) is 5.10 Å². The van der Waals surface area contributed by atoms with Gasteiger partial charge >= 0.3 is 0 Å². The van der Waals surface area contributed by atoms with Crippen LogP contribution < -0.4 is 4.74 Å². The number of thioether (sulfide) groups is 1. The fraction of sp³-hybridized carbons (Fsp3) is 0.350. The average Bonchev–Trinajstić information content (AvgIpc) is 3.43. The van der Waals surface area contributed by atoms with E-state index in [1.807, 2.05) is 40.9 Å². The summed E-state index contributed by atoms with van der Waals surface area (Å²) in [6.45, 7) is 1.44. The molecular formula is C20H22N4O2S2. The van der Waals surface area contributed by atoms with Crippen LogP contribution in [0, 0.1) is 0 Å². The van der Waals surface area contributed by atoms with E-state index < -0.39 is 0 Å². The van der Waals surface area contributed by atoms with E-state index in [0.29, 0.717) is 12.2 Å². The van der Waals surface area contributed by atoms with E-state index in [0.717, 1.165) is 46.3 Å². The number of carbonyl (C=O) groups is 1. The molecule has 0 aliphatic carbocycles. The van der Waals surface area contributed by atoms with E-state index in [1.54, 1.807) is 18.9 Å². The van der Waals surface area contributed by atoms with E-state index >= 15 is 0 Å². The van der Waals surface area contributed by atoms with Gasteiger partial charge in [0.15, 0.2) is 0 Å². The number of ether oxygens (including phenoxy) is 1. The van der Waals surface area contributed by atoms with Crippen LogP contribution in [0.25, 0.3) is 11.1 Å². The van der Waals surface area contributed by atoms with Gasteiger partial charge in [0.25, 0.3) is 5.91 Å². The zero-order valence-corrected chi connectivity index (χ0v) is 17.5. The maximum absolute atomic E-state index is 12.9. The monoisotopic (exact) mass is 414 g/mol. The summed E-state index contributed by atoms with van der Waals surface area (Å²) in [5.41, 5.74) is 3.76. The first kappa shape index (κ1) is 19.0. The highest BCUT2D eigenvalue weighted by Gasteiger charge is 2.29. The number of hydrogen-bond acceptors (Lipinski definition) is 6. The molecule has 0 radical (unpaired) electrons. The average molecular weight is 415 g/mol. The number of hydrogen-bond donors (Lipinski definition) is 1. The van der Waals surface area contributed by atoms with E-state index in [-0.39, 0.29) is 11.8 Å². The van der Waals surface area contributed by atoms with Crippen molar-refractivity contribution in [3.63, 3.8) is 0 Å². The lowest BCUT2D eigenvalue weighted by Gasteiger charge is -2.32. The number of benzene rings is 1. The Morgan fingerprint density at radius 3 is 3.11 bits per heavy atom. The number of carbonyl (C=O) groups excluding carboxylic acids is 1. The lowest BCUT2D eigenvalue weighted by atomic mass is 9.90. The summed E-state index contributed by atoms with van der Waals surface area (Å²) in [5, 5.41) is 9.32. The van der Waals surface area contributed by atoms with Crippen LogP contribution in [0.1, 0.15) is 34.9 Å². The molecular weight excluding hydrogens is 392 g/mol. The number of amides is 1. The van der Waals surface area contributed by atoms with Gasteiger partial charge in [0, 0.05) is 35.6 Å². The van der Waals surface area contributed by atoms with Gasteiger partial charge in [0.05, 0.1) is 13.3 Å². The predicted octanol–water partition coefficient (Wildman–Crippen LogP) is 4.28. The minimum Gasteiger partial charge on any atom is -0.497 e. The second kappa shape index (κ2) is 8.36. The molecule has 1 aromatic carbocycles. The zero-order valence-electron chi connectivity index (χ0n) is 15.8. The lowest BCUT2D eigenvalue weighted by molar-refractivity contribution is 0.0700. The molecule has 28 heavy (non-hydrogen) atoms. The van der Waals surface area contributed by atoms with Gasteiger partial charge < -0.3 is 9.64 Å². The Bertz CT molecular complexity index is 969. The first-order valence-corrected chi connectivity index (χ1v) is 11.3. The Balaban J connectivity index is 1.55. The molecule has 6 nitrogen and oxygen atoms in total. The molecule has 1 amide bonds. The van der Waals surface area contributed by atoms with Crippen LogP contribution in [-0.4, -0.2) is 52.4 Å². The molecule has 1 fully saturated rings. The Morgan fingerprint density at radius 1 is 1.43 bits per heavy atom. The number of methoxy groups -OCH3 is 1. The first-order valence-electron chi connectivity index (χ1n) is 9.16. The van der Waals surface area contributed by atoms with E-state index in [4.69, 9.17) is 4.74 Å². The van der Waals surface area contributed by atoms with Gasteiger partial charge in [-0.3, -0.25) is 9.89 Å². The number of nitrogens with zero attached hydrogens (tertiary/aromatic N) is 3. The molecule has 1 aliphatic rings. The highest BCUT2D eigenvalue weighted by molar-refractivity contribution is 8.00. The normalized spacial score (nSPS) is 16.9. The molecule has 1 aliphatic heterocycles. The number of piperidine rings is 1. The van der Waals surface area contributed by atoms with E-state index in [9.17, 15) is 4.79 Å². The van der Waals surface area contributed by atoms with E-state index in [1.165, 1.54) is 11.3 Å². The smallest absolute Gasteiger partial charge is 0.273 e. The van der Waals surface area contributed by atoms with Crippen molar-refractivity contribution < 1.29 is 9.53 Å². The molecule has 0 unspecified atom stereocenters. The fourth-order valence-electron chi connectivity index (χ4n) is 3.64. The van der Waals surface area contributed by atoms with Gasteiger partial charge in [-0.05, 0) is 36.8 Å². The maximum atomic E-state index is 12.9. The maximum Gasteiger partial charge on any atom is 0.273 e. The molecule has 146 valence electrons. The Kier molecular flexibility index (Phi) is 5.68. The van der Waals surface area contributed by atoms with Crippen LogP contribution in [-0.2, 0) is 0 Å².